The van der Waals surface area contributed by atoms with Crippen molar-refractivity contribution >= 4 is 23.7 Å². The summed E-state index contributed by atoms with van der Waals surface area (Å²) >= 11 is 0. The van der Waals surface area contributed by atoms with E-state index >= 15 is 0 Å². The molecule has 4 fully saturated rings. The molecule has 4 amide bonds. The van der Waals surface area contributed by atoms with Gasteiger partial charge in [-0.2, -0.15) is 0 Å². The third-order valence-electron chi connectivity index (χ3n) is 10.9. The fraction of sp³-hybridized carbons (Fsp3) is 0.436. The van der Waals surface area contributed by atoms with Crippen molar-refractivity contribution in [2.75, 3.05) is 64.3 Å². The van der Waals surface area contributed by atoms with E-state index in [-0.39, 0.29) is 56.2 Å². The van der Waals surface area contributed by atoms with Gasteiger partial charge in [0.1, 0.15) is 23.8 Å². The number of carbonyl (C=O) groups is 3. The molecule has 0 spiro atoms. The number of rotatable bonds is 10. The van der Waals surface area contributed by atoms with E-state index in [2.05, 4.69) is 40.6 Å². The van der Waals surface area contributed by atoms with Crippen molar-refractivity contribution in [3.8, 4) is 5.75 Å². The van der Waals surface area contributed by atoms with Crippen molar-refractivity contribution in [1.29, 1.82) is 0 Å². The topological polar surface area (TPSA) is 119 Å². The molecule has 0 bridgehead atoms. The Hall–Kier alpha value is -4.98. The molecule has 2 N–H and O–H groups in total. The van der Waals surface area contributed by atoms with Crippen LogP contribution in [0.25, 0.3) is 0 Å². The number of phenolic OH excluding ortho intramolecular Hbond substituents is 1. The standard InChI is InChI=1S/C39H49N9O4/c1-4-17-46-27-37(50)47-34(20-29-13-15-33(49)16-14-29)38(51)45(26-36(47)48(46)39(52)40-21-30-9-6-5-7-10-30)23-31-11-8-12-35(41-31)44-24-32(25-44)43-19-18-42(3)28(2)22-43/h4-16,28,32,34,36,49H,1,17-27H2,2-3H3,(H,40,52)/t28?,34-,36?/m0/s1. The van der Waals surface area contributed by atoms with Crippen LogP contribution in [0.15, 0.2) is 85.5 Å². The van der Waals surface area contributed by atoms with Crippen molar-refractivity contribution in [3.05, 3.63) is 102 Å². The Morgan fingerprint density at radius 3 is 2.46 bits per heavy atom. The van der Waals surface area contributed by atoms with Crippen molar-refractivity contribution in [3.63, 3.8) is 0 Å². The quantitative estimate of drug-likeness (QED) is 0.307. The van der Waals surface area contributed by atoms with Crippen LogP contribution in [0.5, 0.6) is 5.75 Å². The highest BCUT2D eigenvalue weighted by atomic mass is 16.3. The lowest BCUT2D eigenvalue weighted by Gasteiger charge is -2.55. The molecule has 7 rings (SSSR count). The number of nitrogens with zero attached hydrogens (tertiary/aromatic N) is 8. The Kier molecular flexibility index (Phi) is 10.4. The van der Waals surface area contributed by atoms with Crippen LogP contribution < -0.4 is 10.2 Å². The number of nitrogens with one attached hydrogen (secondary N) is 1. The van der Waals surface area contributed by atoms with E-state index in [1.54, 1.807) is 50.2 Å². The number of hydrazine groups is 1. The Labute approximate surface area is 305 Å². The monoisotopic (exact) mass is 707 g/mol. The molecular formula is C39H49N9O4. The molecule has 52 heavy (non-hydrogen) atoms. The first-order valence-corrected chi connectivity index (χ1v) is 18.2. The maximum atomic E-state index is 14.4. The second-order valence-corrected chi connectivity index (χ2v) is 14.4. The number of amides is 4. The van der Waals surface area contributed by atoms with Crippen molar-refractivity contribution < 1.29 is 19.5 Å². The van der Waals surface area contributed by atoms with E-state index in [1.165, 1.54) is 0 Å². The molecule has 1 aromatic heterocycles. The van der Waals surface area contributed by atoms with Crippen LogP contribution in [-0.4, -0.2) is 141 Å². The summed E-state index contributed by atoms with van der Waals surface area (Å²) in [5, 5.41) is 16.2. The second-order valence-electron chi connectivity index (χ2n) is 14.4. The van der Waals surface area contributed by atoms with E-state index in [0.29, 0.717) is 18.6 Å². The van der Waals surface area contributed by atoms with Crippen LogP contribution >= 0.6 is 0 Å². The Balaban J connectivity index is 1.13. The molecule has 0 aliphatic carbocycles. The second kappa shape index (κ2) is 15.3. The summed E-state index contributed by atoms with van der Waals surface area (Å²) in [6, 6.07) is 22.0. The van der Waals surface area contributed by atoms with Crippen molar-refractivity contribution in [2.45, 2.75) is 50.7 Å². The van der Waals surface area contributed by atoms with Crippen molar-refractivity contribution in [2.24, 2.45) is 0 Å². The number of aromatic hydroxyl groups is 1. The first-order chi connectivity index (χ1) is 25.2. The van der Waals surface area contributed by atoms with Gasteiger partial charge in [-0.15, -0.1) is 6.58 Å². The number of aromatic nitrogens is 1. The van der Waals surface area contributed by atoms with Crippen molar-refractivity contribution in [1.82, 2.24) is 39.9 Å². The van der Waals surface area contributed by atoms with Gasteiger partial charge in [-0.1, -0.05) is 54.6 Å². The molecule has 3 aromatic rings. The first-order valence-electron chi connectivity index (χ1n) is 18.2. The molecule has 274 valence electrons. The number of hydrogen-bond acceptors (Lipinski definition) is 9. The van der Waals surface area contributed by atoms with E-state index in [9.17, 15) is 19.5 Å². The molecule has 5 heterocycles. The van der Waals surface area contributed by atoms with Gasteiger partial charge in [0.2, 0.25) is 11.8 Å². The Bertz CT molecular complexity index is 1750. The lowest BCUT2D eigenvalue weighted by atomic mass is 9.98. The molecule has 0 saturated carbocycles. The van der Waals surface area contributed by atoms with E-state index in [4.69, 9.17) is 4.98 Å². The smallest absolute Gasteiger partial charge is 0.334 e. The number of fused-ring (bicyclic) bond motifs is 1. The van der Waals surface area contributed by atoms with Gasteiger partial charge in [-0.3, -0.25) is 14.5 Å². The molecule has 4 aliphatic heterocycles. The average Bonchev–Trinajstić information content (AvgIpc) is 3.11. The zero-order chi connectivity index (χ0) is 36.4. The highest BCUT2D eigenvalue weighted by molar-refractivity contribution is 5.91. The van der Waals surface area contributed by atoms with Gasteiger partial charge in [-0.25, -0.2) is 19.8 Å². The molecular weight excluding hydrogens is 658 g/mol. The van der Waals surface area contributed by atoms with Crippen LogP contribution in [0.4, 0.5) is 10.6 Å². The summed E-state index contributed by atoms with van der Waals surface area (Å²) < 4.78 is 0. The summed E-state index contributed by atoms with van der Waals surface area (Å²) in [6.45, 7) is 12.0. The van der Waals surface area contributed by atoms with Crippen LogP contribution in [0, 0.1) is 0 Å². The van der Waals surface area contributed by atoms with E-state index in [1.807, 2.05) is 48.5 Å². The normalized spacial score (nSPS) is 23.4. The molecule has 0 radical (unpaired) electrons. The number of likely N-dealkylation sites (N-methyl/N-ethyl adjacent to an activating group) is 1. The van der Waals surface area contributed by atoms with Crippen LogP contribution in [-0.2, 0) is 29.1 Å². The van der Waals surface area contributed by atoms with Gasteiger partial charge in [0.25, 0.3) is 0 Å². The summed E-state index contributed by atoms with van der Waals surface area (Å²) in [5.41, 5.74) is 2.48. The fourth-order valence-corrected chi connectivity index (χ4v) is 7.76. The highest BCUT2D eigenvalue weighted by Crippen LogP contribution is 2.30. The minimum absolute atomic E-state index is 0.0753. The number of piperazine rings is 2. The number of anilines is 1. The minimum Gasteiger partial charge on any atom is -0.508 e. The summed E-state index contributed by atoms with van der Waals surface area (Å²) in [6.07, 6.45) is 1.13. The number of benzene rings is 2. The van der Waals surface area contributed by atoms with Crippen LogP contribution in [0.3, 0.4) is 0 Å². The van der Waals surface area contributed by atoms with E-state index < -0.39 is 12.2 Å². The van der Waals surface area contributed by atoms with Crippen LogP contribution in [0.1, 0.15) is 23.7 Å². The van der Waals surface area contributed by atoms with Gasteiger partial charge < -0.3 is 30.0 Å². The summed E-state index contributed by atoms with van der Waals surface area (Å²) in [4.78, 5) is 58.0. The number of hydrogen-bond donors (Lipinski definition) is 2. The molecule has 3 atom stereocenters. The molecule has 13 heteroatoms. The third kappa shape index (κ3) is 7.48. The Morgan fingerprint density at radius 2 is 1.73 bits per heavy atom. The zero-order valence-corrected chi connectivity index (χ0v) is 30.0. The lowest BCUT2D eigenvalue weighted by molar-refractivity contribution is -0.189. The van der Waals surface area contributed by atoms with Gasteiger partial charge in [0.15, 0.2) is 0 Å². The number of pyridine rings is 1. The predicted octanol–water partition coefficient (Wildman–Crippen LogP) is 2.35. The summed E-state index contributed by atoms with van der Waals surface area (Å²) in [5.74, 6) is 0.554. The number of carbonyl (C=O) groups excluding carboxylic acids is 3. The average molecular weight is 708 g/mol. The molecule has 2 unspecified atom stereocenters. The highest BCUT2D eigenvalue weighted by Gasteiger charge is 2.51. The summed E-state index contributed by atoms with van der Waals surface area (Å²) in [7, 11) is 2.19. The molecule has 4 aliphatic rings. The number of urea groups is 1. The van der Waals surface area contributed by atoms with Gasteiger partial charge in [0, 0.05) is 64.3 Å². The lowest BCUT2D eigenvalue weighted by Crippen LogP contribution is -2.76. The van der Waals surface area contributed by atoms with Gasteiger partial charge in [-0.05, 0) is 49.4 Å². The predicted molar refractivity (Wildman–Crippen MR) is 198 cm³/mol. The minimum atomic E-state index is -0.864. The first kappa shape index (κ1) is 35.4. The fourth-order valence-electron chi connectivity index (χ4n) is 7.76. The van der Waals surface area contributed by atoms with Gasteiger partial charge in [0.05, 0.1) is 25.3 Å². The van der Waals surface area contributed by atoms with E-state index in [0.717, 1.165) is 55.4 Å². The third-order valence-corrected chi connectivity index (χ3v) is 10.9. The van der Waals surface area contributed by atoms with Gasteiger partial charge >= 0.3 is 6.03 Å². The van der Waals surface area contributed by atoms with Crippen LogP contribution in [0.2, 0.25) is 0 Å². The molecule has 4 saturated heterocycles. The molecule has 13 nitrogen and oxygen atoms in total. The Morgan fingerprint density at radius 1 is 0.962 bits per heavy atom. The SMILES string of the molecule is C=CCN1CC(=O)N2C(CN(Cc3cccc(N4CC(N5CCN(C)C(C)C5)C4)n3)C(=O)[C@@H]2Cc2ccc(O)cc2)N1C(=O)NCc1ccccc1. The maximum Gasteiger partial charge on any atom is 0.334 e. The maximum absolute atomic E-state index is 14.4. The zero-order valence-electron chi connectivity index (χ0n) is 30.0. The molecule has 2 aromatic carbocycles. The largest absolute Gasteiger partial charge is 0.508 e. The number of phenols is 1.